The van der Waals surface area contributed by atoms with Gasteiger partial charge in [-0.1, -0.05) is 182 Å². The Hall–Kier alpha value is -8.41. The van der Waals surface area contributed by atoms with E-state index in [2.05, 4.69) is 210 Å². The average Bonchev–Trinajstić information content (AvgIpc) is 3.70. The number of anilines is 3. The number of nitrogens with zero attached hydrogens (tertiary/aromatic N) is 5. The molecule has 62 heavy (non-hydrogen) atoms. The molecule has 11 aromatic rings. The Kier molecular flexibility index (Phi) is 9.45. The molecule has 0 amide bonds. The smallest absolute Gasteiger partial charge is 0.164 e. The maximum atomic E-state index is 5.25. The maximum Gasteiger partial charge on any atom is 0.164 e. The number of aromatic nitrogens is 4. The van der Waals surface area contributed by atoms with Gasteiger partial charge in [-0.15, -0.1) is 0 Å². The van der Waals surface area contributed by atoms with E-state index in [9.17, 15) is 0 Å². The van der Waals surface area contributed by atoms with Gasteiger partial charge in [0.2, 0.25) is 0 Å². The number of rotatable bonds is 9. The standard InChI is InChI=1S/C57H39N5/c1-6-18-40(19-7-1)42-30-34-48(35-31-42)61(49-36-32-43(33-37-49)41-20-8-2-9-21-41)52-38-46(39-53-54(52)50-28-16-17-29-51(50)62(53)47-26-14-5-15-27-47)57-59-55(44-22-10-3-11-23-44)58-56(60-57)45-24-12-4-13-25-45/h1-39H. The van der Waals surface area contributed by atoms with Crippen molar-refractivity contribution in [3.63, 3.8) is 0 Å². The van der Waals surface area contributed by atoms with Gasteiger partial charge in [0.15, 0.2) is 17.5 Å². The van der Waals surface area contributed by atoms with Crippen LogP contribution in [0.1, 0.15) is 0 Å². The first-order chi connectivity index (χ1) is 30.7. The van der Waals surface area contributed by atoms with Crippen LogP contribution in [-0.4, -0.2) is 19.5 Å². The topological polar surface area (TPSA) is 46.8 Å². The third-order valence-electron chi connectivity index (χ3n) is 11.4. The van der Waals surface area contributed by atoms with Crippen LogP contribution in [0.25, 0.3) is 83.9 Å². The predicted octanol–water partition coefficient (Wildman–Crippen LogP) is 14.8. The molecule has 0 radical (unpaired) electrons. The van der Waals surface area contributed by atoms with Crippen molar-refractivity contribution in [3.05, 3.63) is 237 Å². The van der Waals surface area contributed by atoms with Crippen molar-refractivity contribution in [3.8, 4) is 62.1 Å². The van der Waals surface area contributed by atoms with E-state index < -0.39 is 0 Å². The first-order valence-electron chi connectivity index (χ1n) is 20.9. The molecule has 0 bridgehead atoms. The van der Waals surface area contributed by atoms with Crippen LogP contribution in [0.3, 0.4) is 0 Å². The Balaban J connectivity index is 1.21. The van der Waals surface area contributed by atoms with E-state index in [1.165, 1.54) is 11.1 Å². The highest BCUT2D eigenvalue weighted by Gasteiger charge is 2.24. The summed E-state index contributed by atoms with van der Waals surface area (Å²) in [6, 6.07) is 83.0. The fourth-order valence-electron chi connectivity index (χ4n) is 8.47. The molecule has 0 spiro atoms. The molecule has 0 unspecified atom stereocenters. The second-order valence-corrected chi connectivity index (χ2v) is 15.3. The highest BCUT2D eigenvalue weighted by Crippen LogP contribution is 2.46. The minimum Gasteiger partial charge on any atom is -0.310 e. The fourth-order valence-corrected chi connectivity index (χ4v) is 8.47. The van der Waals surface area contributed by atoms with Gasteiger partial charge < -0.3 is 9.47 Å². The molecule has 5 nitrogen and oxygen atoms in total. The SMILES string of the molecule is c1ccc(-c2ccc(N(c3ccc(-c4ccccc4)cc3)c3cc(-c4nc(-c5ccccc5)nc(-c5ccccc5)n4)cc4c3c3ccccc3n4-c3ccccc3)cc2)cc1. The molecule has 0 aliphatic carbocycles. The highest BCUT2D eigenvalue weighted by molar-refractivity contribution is 6.17. The lowest BCUT2D eigenvalue weighted by Gasteiger charge is -2.27. The van der Waals surface area contributed by atoms with Crippen molar-refractivity contribution in [1.29, 1.82) is 0 Å². The lowest BCUT2D eigenvalue weighted by Crippen LogP contribution is -2.11. The summed E-state index contributed by atoms with van der Waals surface area (Å²) >= 11 is 0. The van der Waals surface area contributed by atoms with Gasteiger partial charge in [0.05, 0.1) is 16.7 Å². The van der Waals surface area contributed by atoms with Crippen molar-refractivity contribution in [1.82, 2.24) is 19.5 Å². The van der Waals surface area contributed by atoms with Gasteiger partial charge in [0.1, 0.15) is 0 Å². The number of hydrogen-bond donors (Lipinski definition) is 0. The average molecular weight is 794 g/mol. The molecule has 0 atom stereocenters. The summed E-state index contributed by atoms with van der Waals surface area (Å²) in [7, 11) is 0. The van der Waals surface area contributed by atoms with Crippen molar-refractivity contribution in [2.24, 2.45) is 0 Å². The van der Waals surface area contributed by atoms with Crippen LogP contribution in [-0.2, 0) is 0 Å². The first kappa shape index (κ1) is 36.7. The molecule has 292 valence electrons. The van der Waals surface area contributed by atoms with E-state index in [0.717, 1.165) is 72.4 Å². The Bertz CT molecular complexity index is 3150. The van der Waals surface area contributed by atoms with E-state index in [0.29, 0.717) is 17.5 Å². The van der Waals surface area contributed by atoms with Crippen LogP contribution in [0, 0.1) is 0 Å². The summed E-state index contributed by atoms with van der Waals surface area (Å²) in [6.45, 7) is 0. The molecule has 0 N–H and O–H groups in total. The van der Waals surface area contributed by atoms with Crippen LogP contribution in [0.2, 0.25) is 0 Å². The molecule has 0 aliphatic heterocycles. The molecule has 9 aromatic carbocycles. The minimum absolute atomic E-state index is 0.588. The van der Waals surface area contributed by atoms with Crippen LogP contribution >= 0.6 is 0 Å². The zero-order chi connectivity index (χ0) is 41.2. The van der Waals surface area contributed by atoms with Gasteiger partial charge in [-0.25, -0.2) is 15.0 Å². The summed E-state index contributed by atoms with van der Waals surface area (Å²) in [5, 5.41) is 2.26. The van der Waals surface area contributed by atoms with E-state index in [1.807, 2.05) is 36.4 Å². The number of fused-ring (bicyclic) bond motifs is 3. The van der Waals surface area contributed by atoms with Gasteiger partial charge in [-0.2, -0.15) is 0 Å². The van der Waals surface area contributed by atoms with Crippen LogP contribution in [0.15, 0.2) is 237 Å². The Morgan fingerprint density at radius 3 is 1.18 bits per heavy atom. The molecule has 0 saturated carbocycles. The van der Waals surface area contributed by atoms with Crippen LogP contribution < -0.4 is 4.90 Å². The second-order valence-electron chi connectivity index (χ2n) is 15.3. The van der Waals surface area contributed by atoms with E-state index in [4.69, 9.17) is 15.0 Å². The first-order valence-corrected chi connectivity index (χ1v) is 20.9. The Labute approximate surface area is 360 Å². The molecule has 0 aliphatic rings. The summed E-state index contributed by atoms with van der Waals surface area (Å²) in [5.41, 5.74) is 13.6. The fraction of sp³-hybridized carbons (Fsp3) is 0. The number of hydrogen-bond acceptors (Lipinski definition) is 4. The van der Waals surface area contributed by atoms with Gasteiger partial charge >= 0.3 is 0 Å². The Morgan fingerprint density at radius 1 is 0.306 bits per heavy atom. The highest BCUT2D eigenvalue weighted by atomic mass is 15.1. The zero-order valence-electron chi connectivity index (χ0n) is 33.8. The van der Waals surface area contributed by atoms with E-state index in [-0.39, 0.29) is 0 Å². The van der Waals surface area contributed by atoms with Gasteiger partial charge in [0.25, 0.3) is 0 Å². The van der Waals surface area contributed by atoms with E-state index in [1.54, 1.807) is 0 Å². The van der Waals surface area contributed by atoms with Crippen molar-refractivity contribution < 1.29 is 0 Å². The van der Waals surface area contributed by atoms with Crippen molar-refractivity contribution in [2.75, 3.05) is 4.90 Å². The third-order valence-corrected chi connectivity index (χ3v) is 11.4. The monoisotopic (exact) mass is 793 g/mol. The quantitative estimate of drug-likeness (QED) is 0.146. The van der Waals surface area contributed by atoms with Crippen LogP contribution in [0.4, 0.5) is 17.1 Å². The van der Waals surface area contributed by atoms with E-state index >= 15 is 0 Å². The molecule has 0 fully saturated rings. The molecule has 2 aromatic heterocycles. The van der Waals surface area contributed by atoms with Crippen LogP contribution in [0.5, 0.6) is 0 Å². The minimum atomic E-state index is 0.588. The predicted molar refractivity (Wildman–Crippen MR) is 256 cm³/mol. The zero-order valence-corrected chi connectivity index (χ0v) is 33.8. The third kappa shape index (κ3) is 6.87. The summed E-state index contributed by atoms with van der Waals surface area (Å²) < 4.78 is 2.37. The van der Waals surface area contributed by atoms with Gasteiger partial charge in [0, 0.05) is 44.5 Å². The Morgan fingerprint density at radius 2 is 0.694 bits per heavy atom. The normalized spacial score (nSPS) is 11.2. The summed E-state index contributed by atoms with van der Waals surface area (Å²) in [6.07, 6.45) is 0. The number of para-hydroxylation sites is 2. The lowest BCUT2D eigenvalue weighted by molar-refractivity contribution is 1.07. The largest absolute Gasteiger partial charge is 0.310 e. The molecule has 2 heterocycles. The van der Waals surface area contributed by atoms with Crippen molar-refractivity contribution in [2.45, 2.75) is 0 Å². The lowest BCUT2D eigenvalue weighted by atomic mass is 10.0. The molecule has 0 saturated heterocycles. The second kappa shape index (κ2) is 16.0. The maximum absolute atomic E-state index is 5.25. The van der Waals surface area contributed by atoms with Gasteiger partial charge in [-0.3, -0.25) is 0 Å². The number of benzene rings is 9. The van der Waals surface area contributed by atoms with Gasteiger partial charge in [-0.05, 0) is 76.9 Å². The summed E-state index contributed by atoms with van der Waals surface area (Å²) in [5.74, 6) is 1.82. The molecular formula is C57H39N5. The molecule has 5 heteroatoms. The molecular weight excluding hydrogens is 755 g/mol. The molecule has 11 rings (SSSR count). The van der Waals surface area contributed by atoms with Crippen molar-refractivity contribution >= 4 is 38.9 Å². The summed E-state index contributed by atoms with van der Waals surface area (Å²) in [4.78, 5) is 17.9.